The van der Waals surface area contributed by atoms with Gasteiger partial charge in [-0.25, -0.2) is 0 Å². The van der Waals surface area contributed by atoms with Crippen molar-refractivity contribution in [3.8, 4) is 34.0 Å². The Morgan fingerprint density at radius 2 is 1.38 bits per heavy atom. The van der Waals surface area contributed by atoms with Gasteiger partial charge >= 0.3 is 21.1 Å². The molecule has 0 bridgehead atoms. The molecule has 0 atom stereocenters. The van der Waals surface area contributed by atoms with Crippen molar-refractivity contribution >= 4 is 63.0 Å². The number of aryl methyl sites for hydroxylation is 1. The largest absolute Gasteiger partial charge is 2.00 e. The first kappa shape index (κ1) is 34.5. The fraction of sp³-hybridized carbons (Fsp3) is 0.233. The molecule has 4 heterocycles. The molecule has 0 saturated carbocycles. The summed E-state index contributed by atoms with van der Waals surface area (Å²) in [6.07, 6.45) is 2.92. The van der Waals surface area contributed by atoms with Crippen molar-refractivity contribution < 1.29 is 25.8 Å². The molecular weight excluding hydrogens is 834 g/mol. The average Bonchev–Trinajstić information content (AvgIpc) is 3.63. The van der Waals surface area contributed by atoms with Gasteiger partial charge in [-0.15, -0.1) is 70.2 Å². The van der Waals surface area contributed by atoms with Crippen molar-refractivity contribution in [1.29, 1.82) is 0 Å². The Morgan fingerprint density at radius 1 is 0.700 bits per heavy atom. The second-order valence-corrected chi connectivity index (χ2v) is 17.1. The van der Waals surface area contributed by atoms with E-state index in [9.17, 15) is 0 Å². The van der Waals surface area contributed by atoms with Gasteiger partial charge in [-0.2, -0.15) is 10.2 Å². The number of thiophene rings is 2. The molecule has 0 radical (unpaired) electrons. The molecule has 7 heteroatoms. The Bertz CT molecular complexity index is 2550. The summed E-state index contributed by atoms with van der Waals surface area (Å²) in [5.41, 5.74) is 7.23. The monoisotopic (exact) mass is 870 g/mol. The van der Waals surface area contributed by atoms with Crippen LogP contribution in [0.1, 0.15) is 58.4 Å². The van der Waals surface area contributed by atoms with Crippen molar-refractivity contribution in [3.05, 3.63) is 114 Å². The molecule has 4 aromatic heterocycles. The van der Waals surface area contributed by atoms with Gasteiger partial charge in [0.15, 0.2) is 0 Å². The first-order chi connectivity index (χ1) is 23.4. The van der Waals surface area contributed by atoms with E-state index in [0.717, 1.165) is 44.7 Å². The Labute approximate surface area is 315 Å². The molecule has 0 aliphatic carbocycles. The third-order valence-electron chi connectivity index (χ3n) is 8.89. The number of ether oxygens (including phenoxy) is 1. The zero-order valence-corrected chi connectivity index (χ0v) is 33.1. The van der Waals surface area contributed by atoms with Crippen LogP contribution in [-0.4, -0.2) is 15.2 Å². The molecule has 0 amide bonds. The van der Waals surface area contributed by atoms with Gasteiger partial charge in [0, 0.05) is 54.3 Å². The van der Waals surface area contributed by atoms with Gasteiger partial charge < -0.3 is 9.72 Å². The van der Waals surface area contributed by atoms with Crippen molar-refractivity contribution in [2.45, 2.75) is 60.3 Å². The SMILES string of the molecule is Cc1nnc(-c2[c-]c(Oc3[c-]c(-c4cc(C(C)(C)C)ccn4)ccc3)ccc2)c2sc3c(ccc4c5ccc(CC(C)(C)C)cc5sc43)c12.[Pt+2]. The maximum atomic E-state index is 6.34. The molecule has 0 aliphatic heterocycles. The zero-order valence-electron chi connectivity index (χ0n) is 29.2. The molecule has 0 unspecified atom stereocenters. The van der Waals surface area contributed by atoms with Crippen molar-refractivity contribution in [3.63, 3.8) is 0 Å². The van der Waals surface area contributed by atoms with Crippen molar-refractivity contribution in [1.82, 2.24) is 15.2 Å². The maximum Gasteiger partial charge on any atom is 2.00 e. The smallest absolute Gasteiger partial charge is 0.497 e. The molecule has 0 saturated heterocycles. The molecule has 4 nitrogen and oxygen atoms in total. The third-order valence-corrected chi connectivity index (χ3v) is 11.4. The molecule has 4 aromatic carbocycles. The van der Waals surface area contributed by atoms with E-state index in [4.69, 9.17) is 9.84 Å². The summed E-state index contributed by atoms with van der Waals surface area (Å²) in [5, 5.41) is 14.4. The van der Waals surface area contributed by atoms with E-state index in [-0.39, 0.29) is 31.9 Å². The molecule has 50 heavy (non-hydrogen) atoms. The number of rotatable bonds is 5. The van der Waals surface area contributed by atoms with Crippen LogP contribution in [0.2, 0.25) is 0 Å². The second kappa shape index (κ2) is 13.0. The second-order valence-electron chi connectivity index (χ2n) is 15.1. The molecule has 0 aliphatic rings. The standard InChI is InChI=1S/C43H37N3OS2.Pt/c1-25-37-34-17-16-33-32-15-14-26(24-42(2,3)4)20-36(32)48-39(33)40(34)49-41(37)38(46-45-25)28-11-9-13-31(22-28)47-30-12-8-10-27(21-30)35-23-29(18-19-44-35)43(5,6)7;/h8-20,23H,24H2,1-7H3;/q-2;+2. The molecule has 0 N–H and O–H groups in total. The van der Waals surface area contributed by atoms with E-state index >= 15 is 0 Å². The van der Waals surface area contributed by atoms with E-state index in [1.165, 1.54) is 41.4 Å². The number of aromatic nitrogens is 3. The van der Waals surface area contributed by atoms with Crippen LogP contribution >= 0.6 is 22.7 Å². The first-order valence-corrected chi connectivity index (χ1v) is 18.3. The topological polar surface area (TPSA) is 47.9 Å². The van der Waals surface area contributed by atoms with Gasteiger partial charge in [0.1, 0.15) is 0 Å². The van der Waals surface area contributed by atoms with Gasteiger partial charge in [-0.05, 0) is 53.1 Å². The summed E-state index contributed by atoms with van der Waals surface area (Å²) in [4.78, 5) is 4.62. The van der Waals surface area contributed by atoms with Gasteiger partial charge in [-0.1, -0.05) is 84.0 Å². The van der Waals surface area contributed by atoms with Crippen LogP contribution in [0, 0.1) is 24.5 Å². The molecule has 8 rings (SSSR count). The Hall–Kier alpha value is -3.96. The number of hydrogen-bond donors (Lipinski definition) is 0. The quantitative estimate of drug-likeness (QED) is 0.162. The maximum absolute atomic E-state index is 6.34. The van der Waals surface area contributed by atoms with E-state index in [1.807, 2.05) is 53.9 Å². The molecule has 252 valence electrons. The summed E-state index contributed by atoms with van der Waals surface area (Å²) in [5.74, 6) is 1.20. The van der Waals surface area contributed by atoms with Crippen molar-refractivity contribution in [2.75, 3.05) is 0 Å². The van der Waals surface area contributed by atoms with E-state index in [0.29, 0.717) is 11.5 Å². The van der Waals surface area contributed by atoms with Crippen LogP contribution in [0.25, 0.3) is 62.9 Å². The summed E-state index contributed by atoms with van der Waals surface area (Å²) in [6.45, 7) is 15.6. The van der Waals surface area contributed by atoms with Gasteiger partial charge in [0.25, 0.3) is 0 Å². The van der Waals surface area contributed by atoms with Gasteiger partial charge in [0.2, 0.25) is 0 Å². The minimum absolute atomic E-state index is 0. The van der Waals surface area contributed by atoms with Gasteiger partial charge in [0.05, 0.1) is 15.1 Å². The molecule has 8 aromatic rings. The number of pyridine rings is 1. The van der Waals surface area contributed by atoms with Crippen LogP contribution in [0.4, 0.5) is 0 Å². The number of benzene rings is 4. The summed E-state index contributed by atoms with van der Waals surface area (Å²) < 4.78 is 11.4. The van der Waals surface area contributed by atoms with Crippen LogP contribution in [0.5, 0.6) is 11.5 Å². The fourth-order valence-corrected chi connectivity index (χ4v) is 9.30. The van der Waals surface area contributed by atoms with Crippen LogP contribution in [-0.2, 0) is 32.9 Å². The van der Waals surface area contributed by atoms with Crippen LogP contribution in [0.3, 0.4) is 0 Å². The minimum atomic E-state index is 0. The molecular formula is C43H37N3OPtS2. The van der Waals surface area contributed by atoms with E-state index in [1.54, 1.807) is 11.3 Å². The molecule has 0 fully saturated rings. The summed E-state index contributed by atoms with van der Waals surface area (Å²) >= 11 is 3.70. The number of fused-ring (bicyclic) bond motifs is 7. The number of nitrogens with zero attached hydrogens (tertiary/aromatic N) is 3. The normalized spacial score (nSPS) is 12.2. The van der Waals surface area contributed by atoms with Crippen LogP contribution in [0.15, 0.2) is 85.1 Å². The Balaban J connectivity index is 0.00000392. The average molecular weight is 871 g/mol. The minimum Gasteiger partial charge on any atom is -0.497 e. The predicted molar refractivity (Wildman–Crippen MR) is 207 cm³/mol. The first-order valence-electron chi connectivity index (χ1n) is 16.6. The zero-order chi connectivity index (χ0) is 34.1. The fourth-order valence-electron chi connectivity index (χ4n) is 6.54. The van der Waals surface area contributed by atoms with Crippen molar-refractivity contribution in [2.24, 2.45) is 5.41 Å². The van der Waals surface area contributed by atoms with Crippen LogP contribution < -0.4 is 4.74 Å². The predicted octanol–water partition coefficient (Wildman–Crippen LogP) is 12.5. The Kier molecular flexibility index (Phi) is 8.95. The molecule has 0 spiro atoms. The third kappa shape index (κ3) is 6.50. The van der Waals surface area contributed by atoms with E-state index < -0.39 is 0 Å². The Morgan fingerprint density at radius 3 is 2.12 bits per heavy atom. The summed E-state index contributed by atoms with van der Waals surface area (Å²) in [6, 6.07) is 34.5. The van der Waals surface area contributed by atoms with E-state index in [2.05, 4.69) is 113 Å². The van der Waals surface area contributed by atoms with Gasteiger partial charge in [-0.3, -0.25) is 0 Å². The number of hydrogen-bond acceptors (Lipinski definition) is 6. The summed E-state index contributed by atoms with van der Waals surface area (Å²) in [7, 11) is 0.